The molecule has 24 heavy (non-hydrogen) atoms. The van der Waals surface area contributed by atoms with Gasteiger partial charge in [0, 0.05) is 5.02 Å². The quantitative estimate of drug-likeness (QED) is 0.689. The molecular weight excluding hydrogens is 358 g/mol. The monoisotopic (exact) mass is 364 g/mol. The zero-order valence-electron chi connectivity index (χ0n) is 11.7. The summed E-state index contributed by atoms with van der Waals surface area (Å²) in [5, 5.41) is 14.2. The zero-order valence-corrected chi connectivity index (χ0v) is 13.3. The molecule has 0 fully saturated rings. The second kappa shape index (κ2) is 6.39. The molecule has 5 nitrogen and oxygen atoms in total. The Kier molecular flexibility index (Phi) is 4.29. The molecule has 1 aromatic heterocycles. The highest BCUT2D eigenvalue weighted by Crippen LogP contribution is 2.28. The summed E-state index contributed by atoms with van der Waals surface area (Å²) in [6, 6.07) is 7.65. The van der Waals surface area contributed by atoms with Gasteiger partial charge in [0.2, 0.25) is 0 Å². The summed E-state index contributed by atoms with van der Waals surface area (Å²) < 4.78 is 27.9. The second-order valence-electron chi connectivity index (χ2n) is 4.61. The zero-order chi connectivity index (χ0) is 17.3. The molecule has 2 aromatic carbocycles. The summed E-state index contributed by atoms with van der Waals surface area (Å²) >= 11 is 7.07. The number of nitrogens with one attached hydrogen (secondary N) is 2. The molecule has 3 rings (SSSR count). The van der Waals surface area contributed by atoms with Gasteiger partial charge in [-0.05, 0) is 30.3 Å². The Morgan fingerprint density at radius 1 is 1.25 bits per heavy atom. The fourth-order valence-electron chi connectivity index (χ4n) is 1.95. The van der Waals surface area contributed by atoms with Crippen LogP contribution in [0.5, 0.6) is 0 Å². The number of halogens is 3. The number of amides is 2. The molecule has 9 heteroatoms. The minimum Gasteiger partial charge on any atom is -0.305 e. The van der Waals surface area contributed by atoms with E-state index in [1.807, 2.05) is 0 Å². The number of fused-ring (bicyclic) bond motifs is 1. The van der Waals surface area contributed by atoms with Crippen LogP contribution in [0.15, 0.2) is 30.3 Å². The molecule has 2 N–H and O–H groups in total. The largest absolute Gasteiger partial charge is 0.325 e. The van der Waals surface area contributed by atoms with Crippen LogP contribution in [0.4, 0.5) is 24.4 Å². The molecule has 0 atom stereocenters. The molecule has 0 spiro atoms. The third-order valence-electron chi connectivity index (χ3n) is 3.02. The van der Waals surface area contributed by atoms with Gasteiger partial charge in [0.1, 0.15) is 17.4 Å². The van der Waals surface area contributed by atoms with Crippen LogP contribution >= 0.6 is 22.9 Å². The van der Waals surface area contributed by atoms with Gasteiger partial charge < -0.3 is 5.32 Å². The third-order valence-corrected chi connectivity index (χ3v) is 4.19. The topological polar surface area (TPSA) is 77.8 Å². The first-order valence-corrected chi connectivity index (χ1v) is 7.69. The predicted octanol–water partition coefficient (Wildman–Crippen LogP) is 4.74. The van der Waals surface area contributed by atoms with Crippen LogP contribution in [0.3, 0.4) is 0 Å². The lowest BCUT2D eigenvalue weighted by Crippen LogP contribution is -2.20. The Morgan fingerprint density at radius 2 is 2.04 bits per heavy atom. The minimum atomic E-state index is -1.14. The van der Waals surface area contributed by atoms with Crippen molar-refractivity contribution in [2.45, 2.75) is 0 Å². The van der Waals surface area contributed by atoms with Gasteiger partial charge in [-0.25, -0.2) is 18.6 Å². The number of benzene rings is 2. The number of nitriles is 1. The molecule has 0 aliphatic carbocycles. The van der Waals surface area contributed by atoms with Crippen LogP contribution in [0.25, 0.3) is 10.2 Å². The van der Waals surface area contributed by atoms with Gasteiger partial charge in [-0.2, -0.15) is 5.26 Å². The number of rotatable bonds is 2. The Bertz CT molecular complexity index is 999. The van der Waals surface area contributed by atoms with E-state index in [1.54, 1.807) is 18.2 Å². The lowest BCUT2D eigenvalue weighted by atomic mass is 10.2. The van der Waals surface area contributed by atoms with E-state index in [-0.39, 0.29) is 10.8 Å². The maximum atomic E-state index is 13.9. The van der Waals surface area contributed by atoms with Gasteiger partial charge >= 0.3 is 6.03 Å². The molecule has 1 heterocycles. The maximum Gasteiger partial charge on any atom is 0.325 e. The maximum absolute atomic E-state index is 13.9. The molecule has 0 saturated heterocycles. The molecular formula is C15H7ClF2N4OS. The highest BCUT2D eigenvalue weighted by Gasteiger charge is 2.16. The Morgan fingerprint density at radius 3 is 2.79 bits per heavy atom. The van der Waals surface area contributed by atoms with Crippen LogP contribution in [-0.2, 0) is 0 Å². The van der Waals surface area contributed by atoms with E-state index in [9.17, 15) is 13.6 Å². The smallest absolute Gasteiger partial charge is 0.305 e. The van der Waals surface area contributed by atoms with Crippen molar-refractivity contribution in [1.82, 2.24) is 4.98 Å². The summed E-state index contributed by atoms with van der Waals surface area (Å²) in [4.78, 5) is 16.1. The van der Waals surface area contributed by atoms with Gasteiger partial charge in [-0.3, -0.25) is 5.32 Å². The fraction of sp³-hybridized carbons (Fsp3) is 0. The minimum absolute atomic E-state index is 0.285. The van der Waals surface area contributed by atoms with E-state index in [0.29, 0.717) is 10.5 Å². The SMILES string of the molecule is N#Cc1c(F)ccc(NC(=O)Nc2nc3ccc(Cl)cc3s2)c1F. The molecule has 3 aromatic rings. The van der Waals surface area contributed by atoms with Crippen molar-refractivity contribution in [1.29, 1.82) is 5.26 Å². The van der Waals surface area contributed by atoms with Gasteiger partial charge in [-0.1, -0.05) is 22.9 Å². The van der Waals surface area contributed by atoms with E-state index < -0.39 is 23.2 Å². The number of aromatic nitrogens is 1. The van der Waals surface area contributed by atoms with Crippen LogP contribution in [0.1, 0.15) is 5.56 Å². The van der Waals surface area contributed by atoms with Crippen molar-refractivity contribution in [3.05, 3.63) is 52.6 Å². The molecule has 0 saturated carbocycles. The third kappa shape index (κ3) is 3.13. The fourth-order valence-corrected chi connectivity index (χ4v) is 3.09. The van der Waals surface area contributed by atoms with Crippen molar-refractivity contribution in [2.24, 2.45) is 0 Å². The van der Waals surface area contributed by atoms with Crippen molar-refractivity contribution in [3.8, 4) is 6.07 Å². The van der Waals surface area contributed by atoms with Gasteiger partial charge in [0.25, 0.3) is 0 Å². The summed E-state index contributed by atoms with van der Waals surface area (Å²) in [5.41, 5.74) is -0.420. The Labute approximate surface area is 143 Å². The normalized spacial score (nSPS) is 10.4. The molecule has 120 valence electrons. The number of anilines is 2. The summed E-state index contributed by atoms with van der Waals surface area (Å²) in [6.07, 6.45) is 0. The predicted molar refractivity (Wildman–Crippen MR) is 88.3 cm³/mol. The molecule has 0 radical (unpaired) electrons. The van der Waals surface area contributed by atoms with E-state index in [4.69, 9.17) is 16.9 Å². The number of hydrogen-bond donors (Lipinski definition) is 2. The number of carbonyl (C=O) groups is 1. The molecule has 2 amide bonds. The van der Waals surface area contributed by atoms with Crippen molar-refractivity contribution < 1.29 is 13.6 Å². The summed E-state index contributed by atoms with van der Waals surface area (Å²) in [5.74, 6) is -2.13. The lowest BCUT2D eigenvalue weighted by Gasteiger charge is -2.07. The lowest BCUT2D eigenvalue weighted by molar-refractivity contribution is 0.262. The van der Waals surface area contributed by atoms with Crippen LogP contribution in [-0.4, -0.2) is 11.0 Å². The van der Waals surface area contributed by atoms with Gasteiger partial charge in [0.15, 0.2) is 10.9 Å². The van der Waals surface area contributed by atoms with Gasteiger partial charge in [-0.15, -0.1) is 0 Å². The first kappa shape index (κ1) is 16.1. The van der Waals surface area contributed by atoms with E-state index in [1.165, 1.54) is 17.4 Å². The summed E-state index contributed by atoms with van der Waals surface area (Å²) in [7, 11) is 0. The van der Waals surface area contributed by atoms with Gasteiger partial charge in [0.05, 0.1) is 15.9 Å². The molecule has 0 unspecified atom stereocenters. The highest BCUT2D eigenvalue weighted by molar-refractivity contribution is 7.22. The van der Waals surface area contributed by atoms with Crippen molar-refractivity contribution in [3.63, 3.8) is 0 Å². The standard InChI is InChI=1S/C15H7ClF2N4OS/c16-7-1-3-10-12(5-7)24-15(21-10)22-14(23)20-11-4-2-9(17)8(6-19)13(11)18/h1-5H,(H2,20,21,22,23). The average Bonchev–Trinajstić information content (AvgIpc) is 2.92. The van der Waals surface area contributed by atoms with E-state index in [2.05, 4.69) is 15.6 Å². The van der Waals surface area contributed by atoms with E-state index in [0.717, 1.165) is 16.8 Å². The number of nitrogens with zero attached hydrogens (tertiary/aromatic N) is 2. The van der Waals surface area contributed by atoms with Crippen LogP contribution in [0.2, 0.25) is 5.02 Å². The Balaban J connectivity index is 1.79. The first-order valence-electron chi connectivity index (χ1n) is 6.50. The van der Waals surface area contributed by atoms with E-state index >= 15 is 0 Å². The van der Waals surface area contributed by atoms with Crippen molar-refractivity contribution >= 4 is 50.0 Å². The summed E-state index contributed by atoms with van der Waals surface area (Å²) in [6.45, 7) is 0. The van der Waals surface area contributed by atoms with Crippen molar-refractivity contribution in [2.75, 3.05) is 10.6 Å². The average molecular weight is 365 g/mol. The second-order valence-corrected chi connectivity index (χ2v) is 6.07. The number of urea groups is 1. The molecule has 0 bridgehead atoms. The van der Waals surface area contributed by atoms with Crippen LogP contribution < -0.4 is 10.6 Å². The molecule has 0 aliphatic heterocycles. The Hall–Kier alpha value is -2.76. The number of hydrogen-bond acceptors (Lipinski definition) is 4. The molecule has 0 aliphatic rings. The number of thiazole rings is 1. The van der Waals surface area contributed by atoms with Crippen LogP contribution in [0, 0.1) is 23.0 Å². The first-order chi connectivity index (χ1) is 11.5. The number of carbonyl (C=O) groups excluding carboxylic acids is 1. The highest BCUT2D eigenvalue weighted by atomic mass is 35.5.